The van der Waals surface area contributed by atoms with Crippen molar-refractivity contribution in [1.29, 1.82) is 0 Å². The Morgan fingerprint density at radius 3 is 2.56 bits per heavy atom. The van der Waals surface area contributed by atoms with Gasteiger partial charge in [0.25, 0.3) is 5.19 Å². The fourth-order valence-electron chi connectivity index (χ4n) is 1.29. The van der Waals surface area contributed by atoms with Crippen LogP contribution in [0.3, 0.4) is 0 Å². The van der Waals surface area contributed by atoms with Crippen LogP contribution in [0.1, 0.15) is 0 Å². The van der Waals surface area contributed by atoms with Crippen molar-refractivity contribution < 1.29 is 14.2 Å². The summed E-state index contributed by atoms with van der Waals surface area (Å²) in [4.78, 5) is 4.04. The second-order valence-electron chi connectivity index (χ2n) is 2.89. The third-order valence-corrected chi connectivity index (χ3v) is 2.62. The molecule has 0 N–H and O–H groups in total. The molecule has 0 spiro atoms. The first-order valence-electron chi connectivity index (χ1n) is 4.63. The maximum atomic E-state index is 5.59. The van der Waals surface area contributed by atoms with Crippen LogP contribution in [-0.4, -0.2) is 19.2 Å². The van der Waals surface area contributed by atoms with E-state index in [-0.39, 0.29) is 0 Å². The second kappa shape index (κ2) is 4.85. The fourth-order valence-corrected chi connectivity index (χ4v) is 1.79. The monoisotopic (exact) mass is 237 g/mol. The highest BCUT2D eigenvalue weighted by atomic mass is 32.1. The van der Waals surface area contributed by atoms with Gasteiger partial charge in [0.05, 0.1) is 14.2 Å². The van der Waals surface area contributed by atoms with Crippen LogP contribution in [0.15, 0.2) is 29.8 Å². The SMILES string of the molecule is COc1cccc(Oc2nccs2)c1OC. The number of benzene rings is 1. The smallest absolute Gasteiger partial charge is 0.278 e. The summed E-state index contributed by atoms with van der Waals surface area (Å²) in [5.41, 5.74) is 0. The Balaban J connectivity index is 2.33. The fraction of sp³-hybridized carbons (Fsp3) is 0.182. The van der Waals surface area contributed by atoms with Crippen LogP contribution in [0.4, 0.5) is 0 Å². The predicted octanol–water partition coefficient (Wildman–Crippen LogP) is 2.95. The van der Waals surface area contributed by atoms with E-state index < -0.39 is 0 Å². The summed E-state index contributed by atoms with van der Waals surface area (Å²) in [6.45, 7) is 0. The molecule has 0 aliphatic carbocycles. The van der Waals surface area contributed by atoms with Crippen molar-refractivity contribution in [3.8, 4) is 22.4 Å². The van der Waals surface area contributed by atoms with Crippen molar-refractivity contribution in [2.75, 3.05) is 14.2 Å². The third-order valence-electron chi connectivity index (χ3n) is 1.97. The number of ether oxygens (including phenoxy) is 3. The predicted molar refractivity (Wildman–Crippen MR) is 61.7 cm³/mol. The van der Waals surface area contributed by atoms with Crippen LogP contribution in [-0.2, 0) is 0 Å². The Morgan fingerprint density at radius 1 is 1.12 bits per heavy atom. The normalized spacial score (nSPS) is 9.88. The maximum absolute atomic E-state index is 5.59. The Kier molecular flexibility index (Phi) is 3.26. The molecular weight excluding hydrogens is 226 g/mol. The largest absolute Gasteiger partial charge is 0.493 e. The number of hydrogen-bond donors (Lipinski definition) is 0. The van der Waals surface area contributed by atoms with Gasteiger partial charge in [-0.15, -0.1) is 0 Å². The molecule has 0 radical (unpaired) electrons. The van der Waals surface area contributed by atoms with Crippen molar-refractivity contribution in [2.45, 2.75) is 0 Å². The van der Waals surface area contributed by atoms with Crippen molar-refractivity contribution >= 4 is 11.3 Å². The van der Waals surface area contributed by atoms with E-state index in [9.17, 15) is 0 Å². The molecule has 2 aromatic rings. The number of methoxy groups -OCH3 is 2. The Labute approximate surface area is 97.4 Å². The standard InChI is InChI=1S/C11H11NO3S/c1-13-8-4-3-5-9(10(8)14-2)15-11-12-6-7-16-11/h3-7H,1-2H3. The van der Waals surface area contributed by atoms with E-state index in [1.165, 1.54) is 11.3 Å². The van der Waals surface area contributed by atoms with Gasteiger partial charge in [0.2, 0.25) is 5.75 Å². The molecule has 1 heterocycles. The maximum Gasteiger partial charge on any atom is 0.278 e. The quantitative estimate of drug-likeness (QED) is 0.819. The first-order valence-corrected chi connectivity index (χ1v) is 5.51. The van der Waals surface area contributed by atoms with Crippen LogP contribution >= 0.6 is 11.3 Å². The molecule has 0 aliphatic rings. The molecule has 2 rings (SSSR count). The Bertz CT molecular complexity index is 456. The lowest BCUT2D eigenvalue weighted by atomic mass is 10.3. The van der Waals surface area contributed by atoms with Gasteiger partial charge in [0.1, 0.15) is 0 Å². The minimum absolute atomic E-state index is 0.570. The zero-order valence-electron chi connectivity index (χ0n) is 8.97. The summed E-state index contributed by atoms with van der Waals surface area (Å²) in [6.07, 6.45) is 1.69. The summed E-state index contributed by atoms with van der Waals surface area (Å²) < 4.78 is 16.0. The van der Waals surface area contributed by atoms with E-state index in [4.69, 9.17) is 14.2 Å². The van der Waals surface area contributed by atoms with Crippen molar-refractivity contribution in [2.24, 2.45) is 0 Å². The second-order valence-corrected chi connectivity index (χ2v) is 3.75. The third kappa shape index (κ3) is 2.09. The van der Waals surface area contributed by atoms with Gasteiger partial charge in [-0.05, 0) is 12.1 Å². The van der Waals surface area contributed by atoms with Gasteiger partial charge in [-0.3, -0.25) is 0 Å². The lowest BCUT2D eigenvalue weighted by molar-refractivity contribution is 0.336. The van der Waals surface area contributed by atoms with Crippen LogP contribution in [0.2, 0.25) is 0 Å². The van der Waals surface area contributed by atoms with Gasteiger partial charge in [-0.25, -0.2) is 4.98 Å². The average molecular weight is 237 g/mol. The summed E-state index contributed by atoms with van der Waals surface area (Å²) in [5, 5.41) is 2.42. The van der Waals surface area contributed by atoms with E-state index in [0.717, 1.165) is 0 Å². The lowest BCUT2D eigenvalue weighted by Gasteiger charge is -2.11. The summed E-state index contributed by atoms with van der Waals surface area (Å²) >= 11 is 1.42. The number of hydrogen-bond acceptors (Lipinski definition) is 5. The van der Waals surface area contributed by atoms with Gasteiger partial charge in [0, 0.05) is 11.6 Å². The molecule has 84 valence electrons. The molecule has 0 saturated carbocycles. The van der Waals surface area contributed by atoms with Gasteiger partial charge in [-0.2, -0.15) is 0 Å². The number of para-hydroxylation sites is 1. The van der Waals surface area contributed by atoms with Gasteiger partial charge in [0.15, 0.2) is 11.5 Å². The highest BCUT2D eigenvalue weighted by Gasteiger charge is 2.12. The van der Waals surface area contributed by atoms with E-state index in [1.54, 1.807) is 20.4 Å². The van der Waals surface area contributed by atoms with Crippen molar-refractivity contribution in [3.05, 3.63) is 29.8 Å². The molecule has 0 bridgehead atoms. The molecule has 16 heavy (non-hydrogen) atoms. The number of aromatic nitrogens is 1. The van der Waals surface area contributed by atoms with Crippen LogP contribution in [0, 0.1) is 0 Å². The first-order chi connectivity index (χ1) is 7.85. The van der Waals surface area contributed by atoms with Gasteiger partial charge < -0.3 is 14.2 Å². The molecule has 0 amide bonds. The van der Waals surface area contributed by atoms with Gasteiger partial charge >= 0.3 is 0 Å². The van der Waals surface area contributed by atoms with E-state index in [0.29, 0.717) is 22.4 Å². The average Bonchev–Trinajstić information content (AvgIpc) is 2.81. The highest BCUT2D eigenvalue weighted by molar-refractivity contribution is 7.11. The summed E-state index contributed by atoms with van der Waals surface area (Å²) in [5.74, 6) is 1.80. The van der Waals surface area contributed by atoms with Crippen molar-refractivity contribution in [3.63, 3.8) is 0 Å². The van der Waals surface area contributed by atoms with E-state index in [2.05, 4.69) is 4.98 Å². The Morgan fingerprint density at radius 2 is 1.94 bits per heavy atom. The summed E-state index contributed by atoms with van der Waals surface area (Å²) in [7, 11) is 3.16. The molecule has 4 nitrogen and oxygen atoms in total. The summed E-state index contributed by atoms with van der Waals surface area (Å²) in [6, 6.07) is 5.46. The molecule has 1 aromatic carbocycles. The Hall–Kier alpha value is -1.75. The topological polar surface area (TPSA) is 40.6 Å². The zero-order valence-corrected chi connectivity index (χ0v) is 9.78. The van der Waals surface area contributed by atoms with Crippen LogP contribution < -0.4 is 14.2 Å². The lowest BCUT2D eigenvalue weighted by Crippen LogP contribution is -1.93. The molecule has 0 aliphatic heterocycles. The molecule has 0 atom stereocenters. The number of nitrogens with zero attached hydrogens (tertiary/aromatic N) is 1. The zero-order chi connectivity index (χ0) is 11.4. The molecule has 0 saturated heterocycles. The highest BCUT2D eigenvalue weighted by Crippen LogP contribution is 2.39. The minimum atomic E-state index is 0.570. The van der Waals surface area contributed by atoms with Crippen molar-refractivity contribution in [1.82, 2.24) is 4.98 Å². The van der Waals surface area contributed by atoms with Crippen LogP contribution in [0.5, 0.6) is 22.4 Å². The van der Waals surface area contributed by atoms with Crippen LogP contribution in [0.25, 0.3) is 0 Å². The van der Waals surface area contributed by atoms with Gasteiger partial charge in [-0.1, -0.05) is 17.4 Å². The molecule has 0 fully saturated rings. The first kappa shape index (κ1) is 10.8. The number of rotatable bonds is 4. The molecular formula is C11H11NO3S. The number of thiazole rings is 1. The molecule has 0 unspecified atom stereocenters. The van der Waals surface area contributed by atoms with E-state index in [1.807, 2.05) is 23.6 Å². The minimum Gasteiger partial charge on any atom is -0.493 e. The van der Waals surface area contributed by atoms with E-state index >= 15 is 0 Å². The molecule has 1 aromatic heterocycles. The molecule has 5 heteroatoms.